The lowest BCUT2D eigenvalue weighted by Crippen LogP contribution is -2.54. The molecule has 3 aliphatic rings. The standard InChI is InChI=1S/C25H33F6N3O2/c1-18-19(7-5-8-20(18)32-12-3-2-4-13-32)17-34-14-6-9-23(34)10-15-33(16-11-23)22(35)36-21(24(26,27)28)25(29,30)31/h5,7-8,21H,2-4,6,9-17H2,1H3. The third kappa shape index (κ3) is 5.70. The van der Waals surface area contributed by atoms with Crippen molar-refractivity contribution in [1.29, 1.82) is 0 Å². The minimum Gasteiger partial charge on any atom is -0.426 e. The highest BCUT2D eigenvalue weighted by molar-refractivity contribution is 5.68. The molecular formula is C25H33F6N3O2. The molecule has 3 heterocycles. The van der Waals surface area contributed by atoms with E-state index in [9.17, 15) is 31.1 Å². The van der Waals surface area contributed by atoms with E-state index in [1.807, 2.05) is 0 Å². The number of rotatable bonds is 4. The largest absolute Gasteiger partial charge is 0.434 e. The van der Waals surface area contributed by atoms with E-state index < -0.39 is 24.5 Å². The maximum absolute atomic E-state index is 12.8. The molecular weight excluding hydrogens is 488 g/mol. The molecule has 1 aromatic rings. The summed E-state index contributed by atoms with van der Waals surface area (Å²) in [6, 6.07) is 6.35. The first kappa shape index (κ1) is 26.9. The number of piperidine rings is 2. The Kier molecular flexibility index (Phi) is 7.69. The van der Waals surface area contributed by atoms with Gasteiger partial charge in [-0.1, -0.05) is 12.1 Å². The molecule has 4 rings (SSSR count). The Hall–Kier alpha value is -2.17. The number of ether oxygens (including phenoxy) is 1. The molecule has 0 aliphatic carbocycles. The molecule has 1 amide bonds. The van der Waals surface area contributed by atoms with Crippen LogP contribution in [0.3, 0.4) is 0 Å². The van der Waals surface area contributed by atoms with Gasteiger partial charge in [0.2, 0.25) is 0 Å². The molecule has 3 saturated heterocycles. The van der Waals surface area contributed by atoms with E-state index in [1.54, 1.807) is 0 Å². The number of hydrogen-bond acceptors (Lipinski definition) is 4. The molecule has 0 radical (unpaired) electrons. The first-order chi connectivity index (χ1) is 16.9. The molecule has 1 aromatic carbocycles. The fraction of sp³-hybridized carbons (Fsp3) is 0.720. The highest BCUT2D eigenvalue weighted by atomic mass is 19.4. The highest BCUT2D eigenvalue weighted by Crippen LogP contribution is 2.41. The summed E-state index contributed by atoms with van der Waals surface area (Å²) in [4.78, 5) is 18.0. The van der Waals surface area contributed by atoms with Crippen LogP contribution in [0.15, 0.2) is 18.2 Å². The fourth-order valence-electron chi connectivity index (χ4n) is 5.93. The molecule has 1 spiro atoms. The first-order valence-corrected chi connectivity index (χ1v) is 12.6. The Morgan fingerprint density at radius 3 is 2.17 bits per heavy atom. The van der Waals surface area contributed by atoms with Crippen molar-refractivity contribution < 1.29 is 35.9 Å². The van der Waals surface area contributed by atoms with Gasteiger partial charge in [-0.2, -0.15) is 26.3 Å². The second-order valence-electron chi connectivity index (χ2n) is 10.2. The molecule has 3 aliphatic heterocycles. The molecule has 0 bridgehead atoms. The molecule has 0 atom stereocenters. The Morgan fingerprint density at radius 2 is 1.56 bits per heavy atom. The van der Waals surface area contributed by atoms with Crippen molar-refractivity contribution in [2.45, 2.75) is 82.4 Å². The Balaban J connectivity index is 1.40. The van der Waals surface area contributed by atoms with Crippen LogP contribution in [0.1, 0.15) is 56.1 Å². The van der Waals surface area contributed by atoms with Crippen LogP contribution < -0.4 is 4.90 Å². The molecule has 11 heteroatoms. The lowest BCUT2D eigenvalue weighted by molar-refractivity contribution is -0.308. The Bertz CT molecular complexity index is 907. The van der Waals surface area contributed by atoms with Gasteiger partial charge in [-0.05, 0) is 75.6 Å². The van der Waals surface area contributed by atoms with Gasteiger partial charge in [-0.3, -0.25) is 4.90 Å². The maximum Gasteiger partial charge on any atom is 0.434 e. The number of carbonyl (C=O) groups excluding carboxylic acids is 1. The third-order valence-electron chi connectivity index (χ3n) is 7.98. The van der Waals surface area contributed by atoms with Gasteiger partial charge in [0, 0.05) is 44.0 Å². The summed E-state index contributed by atoms with van der Waals surface area (Å²) in [6.45, 7) is 5.94. The van der Waals surface area contributed by atoms with E-state index in [-0.39, 0.29) is 18.6 Å². The molecule has 0 unspecified atom stereocenters. The Morgan fingerprint density at radius 1 is 0.917 bits per heavy atom. The summed E-state index contributed by atoms with van der Waals surface area (Å²) < 4.78 is 80.7. The highest BCUT2D eigenvalue weighted by Gasteiger charge is 2.60. The zero-order valence-electron chi connectivity index (χ0n) is 20.4. The lowest BCUT2D eigenvalue weighted by atomic mass is 9.84. The number of benzene rings is 1. The number of amides is 1. The SMILES string of the molecule is Cc1c(CN2CCCC23CCN(C(=O)OC(C(F)(F)F)C(F)(F)F)CC3)cccc1N1CCCCC1. The van der Waals surface area contributed by atoms with Gasteiger partial charge in [0.1, 0.15) is 0 Å². The van der Waals surface area contributed by atoms with Crippen LogP contribution in [0.4, 0.5) is 36.8 Å². The summed E-state index contributed by atoms with van der Waals surface area (Å²) >= 11 is 0. The van der Waals surface area contributed by atoms with E-state index in [0.717, 1.165) is 43.9 Å². The molecule has 0 aromatic heterocycles. The van der Waals surface area contributed by atoms with E-state index in [4.69, 9.17) is 0 Å². The van der Waals surface area contributed by atoms with Gasteiger partial charge in [0.15, 0.2) is 0 Å². The van der Waals surface area contributed by atoms with Gasteiger partial charge in [-0.15, -0.1) is 0 Å². The van der Waals surface area contributed by atoms with Crippen molar-refractivity contribution in [3.63, 3.8) is 0 Å². The maximum atomic E-state index is 12.8. The smallest absolute Gasteiger partial charge is 0.426 e. The lowest BCUT2D eigenvalue weighted by Gasteiger charge is -2.45. The number of likely N-dealkylation sites (tertiary alicyclic amines) is 2. The van der Waals surface area contributed by atoms with Crippen LogP contribution in [0, 0.1) is 6.92 Å². The summed E-state index contributed by atoms with van der Waals surface area (Å²) in [5.41, 5.74) is 3.49. The molecule has 0 N–H and O–H groups in total. The monoisotopic (exact) mass is 521 g/mol. The number of hydrogen-bond donors (Lipinski definition) is 0. The summed E-state index contributed by atoms with van der Waals surface area (Å²) in [5.74, 6) is 0. The van der Waals surface area contributed by atoms with Gasteiger partial charge in [0.05, 0.1) is 0 Å². The van der Waals surface area contributed by atoms with Gasteiger partial charge < -0.3 is 14.5 Å². The predicted octanol–water partition coefficient (Wildman–Crippen LogP) is 6.05. The number of nitrogens with zero attached hydrogens (tertiary/aromatic N) is 3. The van der Waals surface area contributed by atoms with Crippen molar-refractivity contribution in [3.05, 3.63) is 29.3 Å². The van der Waals surface area contributed by atoms with Crippen molar-refractivity contribution in [2.75, 3.05) is 37.6 Å². The topological polar surface area (TPSA) is 36.0 Å². The molecule has 5 nitrogen and oxygen atoms in total. The third-order valence-corrected chi connectivity index (χ3v) is 7.98. The number of halogens is 6. The summed E-state index contributed by atoms with van der Waals surface area (Å²) in [7, 11) is 0. The summed E-state index contributed by atoms with van der Waals surface area (Å²) in [5, 5.41) is 0. The van der Waals surface area contributed by atoms with Gasteiger partial charge in [-0.25, -0.2) is 4.79 Å². The van der Waals surface area contributed by atoms with Crippen LogP contribution in [0.5, 0.6) is 0 Å². The van der Waals surface area contributed by atoms with Crippen LogP contribution in [0.25, 0.3) is 0 Å². The van der Waals surface area contributed by atoms with Crippen molar-refractivity contribution in [2.24, 2.45) is 0 Å². The average Bonchev–Trinajstić information content (AvgIpc) is 3.19. The first-order valence-electron chi connectivity index (χ1n) is 12.6. The zero-order valence-corrected chi connectivity index (χ0v) is 20.4. The molecule has 202 valence electrons. The minimum absolute atomic E-state index is 0.0601. The number of carbonyl (C=O) groups is 1. The minimum atomic E-state index is -5.71. The normalized spacial score (nSPS) is 21.4. The van der Waals surface area contributed by atoms with E-state index in [0.29, 0.717) is 12.8 Å². The van der Waals surface area contributed by atoms with Crippen molar-refractivity contribution in [3.8, 4) is 0 Å². The van der Waals surface area contributed by atoms with Crippen LogP contribution in [0.2, 0.25) is 0 Å². The summed E-state index contributed by atoms with van der Waals surface area (Å²) in [6.07, 6.45) is -10.7. The van der Waals surface area contributed by atoms with Crippen molar-refractivity contribution >= 4 is 11.8 Å². The second kappa shape index (κ2) is 10.3. The van der Waals surface area contributed by atoms with Crippen LogP contribution in [-0.2, 0) is 11.3 Å². The average molecular weight is 522 g/mol. The van der Waals surface area contributed by atoms with Crippen LogP contribution >= 0.6 is 0 Å². The van der Waals surface area contributed by atoms with E-state index >= 15 is 0 Å². The fourth-order valence-corrected chi connectivity index (χ4v) is 5.93. The number of anilines is 1. The van der Waals surface area contributed by atoms with E-state index in [1.165, 1.54) is 36.1 Å². The molecule has 0 saturated carbocycles. The molecule has 3 fully saturated rings. The van der Waals surface area contributed by atoms with Gasteiger partial charge >= 0.3 is 18.4 Å². The van der Waals surface area contributed by atoms with E-state index in [2.05, 4.69) is 39.7 Å². The van der Waals surface area contributed by atoms with Crippen LogP contribution in [-0.4, -0.2) is 72.6 Å². The van der Waals surface area contributed by atoms with Gasteiger partial charge in [0.25, 0.3) is 6.10 Å². The quantitative estimate of drug-likeness (QED) is 0.453. The number of alkyl halides is 6. The molecule has 36 heavy (non-hydrogen) atoms. The van der Waals surface area contributed by atoms with Crippen molar-refractivity contribution in [1.82, 2.24) is 9.80 Å². The zero-order chi connectivity index (χ0) is 26.1. The predicted molar refractivity (Wildman–Crippen MR) is 123 cm³/mol. The second-order valence-corrected chi connectivity index (χ2v) is 10.2. The Labute approximate surface area is 207 Å².